The zero-order valence-electron chi connectivity index (χ0n) is 8.01. The van der Waals surface area contributed by atoms with Gasteiger partial charge in [-0.05, 0) is 17.5 Å². The molecule has 0 amide bonds. The highest BCUT2D eigenvalue weighted by molar-refractivity contribution is 14.1. The Bertz CT molecular complexity index is 634. The van der Waals surface area contributed by atoms with Crippen LogP contribution in [0.15, 0.2) is 41.3 Å². The van der Waals surface area contributed by atoms with Crippen molar-refractivity contribution in [2.75, 3.05) is 3.53 Å². The lowest BCUT2D eigenvalue weighted by Crippen LogP contribution is -2.00. The minimum atomic E-state index is -4.21. The Morgan fingerprint density at radius 1 is 1.12 bits per heavy atom. The monoisotopic (exact) mass is 349 g/mol. The third-order valence-electron chi connectivity index (χ3n) is 2.25. The molecule has 0 atom stereocenters. The van der Waals surface area contributed by atoms with E-state index in [1.54, 1.807) is 24.3 Å². The van der Waals surface area contributed by atoms with E-state index in [9.17, 15) is 8.42 Å². The van der Waals surface area contributed by atoms with Crippen LogP contribution in [0.2, 0.25) is 0 Å². The summed E-state index contributed by atoms with van der Waals surface area (Å²) >= 11 is 1.92. The molecule has 84 valence electrons. The Hall–Kier alpha value is -0.860. The predicted octanol–water partition coefficient (Wildman–Crippen LogP) is 2.85. The summed E-state index contributed by atoms with van der Waals surface area (Å²) in [5.41, 5.74) is 0.659. The highest BCUT2D eigenvalue weighted by atomic mass is 127. The lowest BCUT2D eigenvalue weighted by Gasteiger charge is -2.08. The van der Waals surface area contributed by atoms with E-state index in [1.807, 2.05) is 28.9 Å². The van der Waals surface area contributed by atoms with E-state index >= 15 is 0 Å². The Morgan fingerprint density at radius 2 is 1.75 bits per heavy atom. The van der Waals surface area contributed by atoms with Gasteiger partial charge in [-0.25, -0.2) is 0 Å². The normalized spacial score (nSPS) is 11.6. The molecule has 0 bridgehead atoms. The second kappa shape index (κ2) is 4.19. The van der Waals surface area contributed by atoms with Crippen molar-refractivity contribution < 1.29 is 13.0 Å². The first-order chi connectivity index (χ1) is 7.54. The summed E-state index contributed by atoms with van der Waals surface area (Å²) in [5, 5.41) is 1.26. The maximum atomic E-state index is 11.2. The number of anilines is 1. The summed E-state index contributed by atoms with van der Waals surface area (Å²) in [6.45, 7) is 0. The Kier molecular flexibility index (Phi) is 3.04. The highest BCUT2D eigenvalue weighted by Crippen LogP contribution is 2.30. The summed E-state index contributed by atoms with van der Waals surface area (Å²) in [5.74, 6) is 0. The summed E-state index contributed by atoms with van der Waals surface area (Å²) < 4.78 is 34.5. The number of hydrogen-bond donors (Lipinski definition) is 2. The van der Waals surface area contributed by atoms with Crippen molar-refractivity contribution >= 4 is 49.4 Å². The molecular formula is C10H8INO3S. The lowest BCUT2D eigenvalue weighted by molar-refractivity contribution is 0.484. The highest BCUT2D eigenvalue weighted by Gasteiger charge is 2.15. The maximum absolute atomic E-state index is 11.2. The van der Waals surface area contributed by atoms with Gasteiger partial charge in [0.15, 0.2) is 0 Å². The van der Waals surface area contributed by atoms with Crippen LogP contribution in [0, 0.1) is 0 Å². The number of nitrogens with one attached hydrogen (secondary N) is 1. The van der Waals surface area contributed by atoms with E-state index in [2.05, 4.69) is 3.53 Å². The summed E-state index contributed by atoms with van der Waals surface area (Å²) in [6.07, 6.45) is 0. The van der Waals surface area contributed by atoms with Gasteiger partial charge in [-0.15, -0.1) is 0 Å². The largest absolute Gasteiger partial charge is 0.328 e. The molecule has 4 nitrogen and oxygen atoms in total. The van der Waals surface area contributed by atoms with Gasteiger partial charge in [0.2, 0.25) is 0 Å². The molecule has 0 spiro atoms. The number of fused-ring (bicyclic) bond motifs is 1. The smallest absolute Gasteiger partial charge is 0.295 e. The molecule has 0 radical (unpaired) electrons. The minimum absolute atomic E-state index is 0.0789. The standard InChI is InChI=1S/C10H8INO3S/c11-12-8-5-1-3-7-4-2-6-9(10(7)8)16(13,14)15/h1-6,12H,(H,13,14,15). The molecule has 0 saturated carbocycles. The van der Waals surface area contributed by atoms with Crippen LogP contribution in [0.4, 0.5) is 5.69 Å². The Morgan fingerprint density at radius 3 is 2.31 bits per heavy atom. The number of hydrogen-bond acceptors (Lipinski definition) is 3. The molecule has 0 aliphatic rings. The molecule has 0 aromatic heterocycles. The molecule has 0 heterocycles. The van der Waals surface area contributed by atoms with Gasteiger partial charge in [0.05, 0.1) is 28.6 Å². The van der Waals surface area contributed by atoms with Crippen LogP contribution in [0.3, 0.4) is 0 Å². The van der Waals surface area contributed by atoms with Gasteiger partial charge in [0, 0.05) is 5.39 Å². The van der Waals surface area contributed by atoms with Crippen molar-refractivity contribution in [1.82, 2.24) is 0 Å². The summed E-state index contributed by atoms with van der Waals surface area (Å²) in [6, 6.07) is 10.1. The van der Waals surface area contributed by atoms with E-state index in [-0.39, 0.29) is 4.90 Å². The van der Waals surface area contributed by atoms with Crippen LogP contribution in [-0.2, 0) is 10.1 Å². The average Bonchev–Trinajstić information content (AvgIpc) is 2.26. The van der Waals surface area contributed by atoms with Gasteiger partial charge in [-0.2, -0.15) is 8.42 Å². The van der Waals surface area contributed by atoms with E-state index in [1.165, 1.54) is 6.07 Å². The molecule has 0 aliphatic carbocycles. The number of rotatable bonds is 2. The minimum Gasteiger partial charge on any atom is -0.328 e. The van der Waals surface area contributed by atoms with Crippen molar-refractivity contribution in [1.29, 1.82) is 0 Å². The van der Waals surface area contributed by atoms with Crippen molar-refractivity contribution in [3.05, 3.63) is 36.4 Å². The number of benzene rings is 2. The predicted molar refractivity (Wildman–Crippen MR) is 71.4 cm³/mol. The van der Waals surface area contributed by atoms with Crippen LogP contribution in [0.1, 0.15) is 0 Å². The number of halogens is 1. The molecule has 0 saturated heterocycles. The van der Waals surface area contributed by atoms with Crippen LogP contribution < -0.4 is 3.53 Å². The molecule has 2 rings (SSSR count). The maximum Gasteiger partial charge on any atom is 0.295 e. The van der Waals surface area contributed by atoms with Crippen molar-refractivity contribution in [2.24, 2.45) is 0 Å². The van der Waals surface area contributed by atoms with Crippen molar-refractivity contribution in [2.45, 2.75) is 4.90 Å². The summed E-state index contributed by atoms with van der Waals surface area (Å²) in [7, 11) is -4.21. The molecule has 2 aromatic carbocycles. The van der Waals surface area contributed by atoms with Gasteiger partial charge < -0.3 is 3.53 Å². The van der Waals surface area contributed by atoms with Crippen LogP contribution in [0.5, 0.6) is 0 Å². The van der Waals surface area contributed by atoms with E-state index < -0.39 is 10.1 Å². The fourth-order valence-corrected chi connectivity index (χ4v) is 2.79. The molecule has 6 heteroatoms. The van der Waals surface area contributed by atoms with Crippen molar-refractivity contribution in [3.63, 3.8) is 0 Å². The van der Waals surface area contributed by atoms with Crippen LogP contribution >= 0.6 is 22.9 Å². The van der Waals surface area contributed by atoms with E-state index in [4.69, 9.17) is 4.55 Å². The molecule has 0 unspecified atom stereocenters. The average molecular weight is 349 g/mol. The zero-order chi connectivity index (χ0) is 11.8. The fraction of sp³-hybridized carbons (Fsp3) is 0. The third kappa shape index (κ3) is 2.00. The zero-order valence-corrected chi connectivity index (χ0v) is 11.0. The van der Waals surface area contributed by atoms with Gasteiger partial charge in [0.25, 0.3) is 10.1 Å². The Balaban J connectivity index is 2.96. The van der Waals surface area contributed by atoms with Gasteiger partial charge in [-0.1, -0.05) is 24.3 Å². The Labute approximate surface area is 107 Å². The molecule has 0 aliphatic heterocycles. The topological polar surface area (TPSA) is 66.4 Å². The molecular weight excluding hydrogens is 341 g/mol. The molecule has 2 N–H and O–H groups in total. The quantitative estimate of drug-likeness (QED) is 0.497. The van der Waals surface area contributed by atoms with E-state index in [0.717, 1.165) is 5.39 Å². The van der Waals surface area contributed by atoms with Crippen LogP contribution in [0.25, 0.3) is 10.8 Å². The molecule has 16 heavy (non-hydrogen) atoms. The first-order valence-corrected chi connectivity index (χ1v) is 6.92. The van der Waals surface area contributed by atoms with Gasteiger partial charge in [0.1, 0.15) is 4.90 Å². The molecule has 2 aromatic rings. The fourth-order valence-electron chi connectivity index (χ4n) is 1.60. The lowest BCUT2D eigenvalue weighted by atomic mass is 10.1. The summed E-state index contributed by atoms with van der Waals surface area (Å²) in [4.78, 5) is -0.0789. The molecule has 0 fully saturated rings. The first-order valence-electron chi connectivity index (χ1n) is 4.40. The van der Waals surface area contributed by atoms with Crippen molar-refractivity contribution in [3.8, 4) is 0 Å². The third-order valence-corrected chi connectivity index (χ3v) is 3.72. The van der Waals surface area contributed by atoms with Gasteiger partial charge >= 0.3 is 0 Å². The first kappa shape index (κ1) is 11.6. The SMILES string of the molecule is O=S(=O)(O)c1cccc2cccc(NI)c12. The van der Waals surface area contributed by atoms with E-state index in [0.29, 0.717) is 11.1 Å². The second-order valence-electron chi connectivity index (χ2n) is 3.23. The van der Waals surface area contributed by atoms with Gasteiger partial charge in [-0.3, -0.25) is 4.55 Å². The second-order valence-corrected chi connectivity index (χ2v) is 5.16. The van der Waals surface area contributed by atoms with Crippen LogP contribution in [-0.4, -0.2) is 13.0 Å².